The second kappa shape index (κ2) is 3.61. The molecular weight excluding hydrogens is 182 g/mol. The molecule has 0 aromatic carbocycles. The Morgan fingerprint density at radius 3 is 2.93 bits per heavy atom. The third kappa shape index (κ3) is 1.99. The van der Waals surface area contributed by atoms with Gasteiger partial charge in [0.2, 0.25) is 0 Å². The number of rotatable bonds is 4. The largest absolute Gasteiger partial charge is 0.480 e. The molecule has 5 nitrogen and oxygen atoms in total. The third-order valence-electron chi connectivity index (χ3n) is 2.24. The topological polar surface area (TPSA) is 75.1 Å². The monoisotopic (exact) mass is 193 g/mol. The van der Waals surface area contributed by atoms with Crippen LogP contribution in [-0.2, 0) is 4.79 Å². The lowest BCUT2D eigenvalue weighted by Crippen LogP contribution is -2.31. The van der Waals surface area contributed by atoms with Gasteiger partial charge in [0.1, 0.15) is 18.2 Å². The molecule has 5 heteroatoms. The van der Waals surface area contributed by atoms with Gasteiger partial charge in [0, 0.05) is 6.20 Å². The van der Waals surface area contributed by atoms with E-state index in [9.17, 15) is 4.79 Å². The minimum absolute atomic E-state index is 0.252. The fourth-order valence-corrected chi connectivity index (χ4v) is 1.35. The number of carboxylic acids is 1. The third-order valence-corrected chi connectivity index (χ3v) is 2.24. The van der Waals surface area contributed by atoms with E-state index in [-0.39, 0.29) is 5.92 Å². The molecule has 0 amide bonds. The first-order valence-corrected chi connectivity index (χ1v) is 4.53. The van der Waals surface area contributed by atoms with Crippen molar-refractivity contribution in [3.8, 4) is 0 Å². The first-order chi connectivity index (χ1) is 6.77. The van der Waals surface area contributed by atoms with Crippen LogP contribution in [0.1, 0.15) is 12.8 Å². The van der Waals surface area contributed by atoms with Crippen molar-refractivity contribution in [1.82, 2.24) is 9.97 Å². The zero-order valence-corrected chi connectivity index (χ0v) is 7.55. The van der Waals surface area contributed by atoms with Gasteiger partial charge in [-0.3, -0.25) is 0 Å². The molecule has 1 unspecified atom stereocenters. The van der Waals surface area contributed by atoms with Crippen LogP contribution in [0.5, 0.6) is 0 Å². The molecule has 14 heavy (non-hydrogen) atoms. The van der Waals surface area contributed by atoms with Gasteiger partial charge in [-0.05, 0) is 24.8 Å². The van der Waals surface area contributed by atoms with E-state index < -0.39 is 12.0 Å². The molecule has 2 rings (SSSR count). The number of aromatic nitrogens is 2. The summed E-state index contributed by atoms with van der Waals surface area (Å²) in [5, 5.41) is 11.8. The summed E-state index contributed by atoms with van der Waals surface area (Å²) in [6.45, 7) is 0. The fraction of sp³-hybridized carbons (Fsp3) is 0.444. The SMILES string of the molecule is O=C(O)C(Nc1ccncn1)C1CC1. The van der Waals surface area contributed by atoms with Crippen LogP contribution in [0.3, 0.4) is 0 Å². The molecule has 2 N–H and O–H groups in total. The molecule has 74 valence electrons. The van der Waals surface area contributed by atoms with Gasteiger partial charge in [-0.25, -0.2) is 14.8 Å². The Kier molecular flexibility index (Phi) is 2.30. The predicted octanol–water partition coefficient (Wildman–Crippen LogP) is 0.752. The highest BCUT2D eigenvalue weighted by Crippen LogP contribution is 2.34. The normalized spacial score (nSPS) is 17.4. The van der Waals surface area contributed by atoms with Gasteiger partial charge in [0.25, 0.3) is 0 Å². The molecule has 1 saturated carbocycles. The van der Waals surface area contributed by atoms with Crippen molar-refractivity contribution in [1.29, 1.82) is 0 Å². The summed E-state index contributed by atoms with van der Waals surface area (Å²) >= 11 is 0. The maximum Gasteiger partial charge on any atom is 0.326 e. The number of nitrogens with one attached hydrogen (secondary N) is 1. The summed E-state index contributed by atoms with van der Waals surface area (Å²) in [4.78, 5) is 18.6. The van der Waals surface area contributed by atoms with E-state index in [1.807, 2.05) is 0 Å². The lowest BCUT2D eigenvalue weighted by Gasteiger charge is -2.13. The number of carboxylic acid groups (broad SMARTS) is 1. The number of carbonyl (C=O) groups is 1. The number of aliphatic carboxylic acids is 1. The molecule has 0 saturated heterocycles. The van der Waals surface area contributed by atoms with Crippen molar-refractivity contribution in [3.05, 3.63) is 18.6 Å². The molecule has 1 atom stereocenters. The molecule has 1 fully saturated rings. The summed E-state index contributed by atoms with van der Waals surface area (Å²) in [6.07, 6.45) is 4.94. The van der Waals surface area contributed by atoms with E-state index >= 15 is 0 Å². The summed E-state index contributed by atoms with van der Waals surface area (Å²) in [5.41, 5.74) is 0. The van der Waals surface area contributed by atoms with E-state index in [0.29, 0.717) is 5.82 Å². The Balaban J connectivity index is 2.04. The van der Waals surface area contributed by atoms with Crippen LogP contribution in [0.15, 0.2) is 18.6 Å². The average Bonchev–Trinajstić information content (AvgIpc) is 2.99. The zero-order valence-electron chi connectivity index (χ0n) is 7.55. The minimum atomic E-state index is -0.814. The van der Waals surface area contributed by atoms with E-state index in [2.05, 4.69) is 15.3 Å². The van der Waals surface area contributed by atoms with Gasteiger partial charge in [-0.2, -0.15) is 0 Å². The quantitative estimate of drug-likeness (QED) is 0.738. The Hall–Kier alpha value is -1.65. The van der Waals surface area contributed by atoms with Gasteiger partial charge < -0.3 is 10.4 Å². The smallest absolute Gasteiger partial charge is 0.326 e. The lowest BCUT2D eigenvalue weighted by atomic mass is 10.2. The summed E-state index contributed by atoms with van der Waals surface area (Å²) < 4.78 is 0. The van der Waals surface area contributed by atoms with Gasteiger partial charge >= 0.3 is 5.97 Å². The summed E-state index contributed by atoms with van der Waals surface area (Å²) in [7, 11) is 0. The van der Waals surface area contributed by atoms with Crippen molar-refractivity contribution < 1.29 is 9.90 Å². The number of hydrogen-bond acceptors (Lipinski definition) is 4. The maximum absolute atomic E-state index is 10.9. The van der Waals surface area contributed by atoms with Gasteiger partial charge in [-0.15, -0.1) is 0 Å². The molecule has 1 aliphatic rings. The van der Waals surface area contributed by atoms with Crippen molar-refractivity contribution >= 4 is 11.8 Å². The fourth-order valence-electron chi connectivity index (χ4n) is 1.35. The second-order valence-electron chi connectivity index (χ2n) is 3.39. The van der Waals surface area contributed by atoms with Crippen LogP contribution in [-0.4, -0.2) is 27.1 Å². The highest BCUT2D eigenvalue weighted by atomic mass is 16.4. The van der Waals surface area contributed by atoms with Gasteiger partial charge in [0.15, 0.2) is 0 Å². The molecule has 0 radical (unpaired) electrons. The van der Waals surface area contributed by atoms with Crippen molar-refractivity contribution in [3.63, 3.8) is 0 Å². The van der Waals surface area contributed by atoms with Crippen LogP contribution < -0.4 is 5.32 Å². The van der Waals surface area contributed by atoms with Crippen LogP contribution in [0, 0.1) is 5.92 Å². The first kappa shape index (κ1) is 8.93. The number of anilines is 1. The Morgan fingerprint density at radius 1 is 1.64 bits per heavy atom. The van der Waals surface area contributed by atoms with Crippen molar-refractivity contribution in [2.24, 2.45) is 5.92 Å². The van der Waals surface area contributed by atoms with Crippen molar-refractivity contribution in [2.45, 2.75) is 18.9 Å². The highest BCUT2D eigenvalue weighted by molar-refractivity contribution is 5.77. The van der Waals surface area contributed by atoms with E-state index in [1.54, 1.807) is 12.3 Å². The van der Waals surface area contributed by atoms with E-state index in [0.717, 1.165) is 12.8 Å². The zero-order chi connectivity index (χ0) is 9.97. The molecular formula is C9H11N3O2. The van der Waals surface area contributed by atoms with Crippen LogP contribution in [0.25, 0.3) is 0 Å². The van der Waals surface area contributed by atoms with Crippen LogP contribution >= 0.6 is 0 Å². The summed E-state index contributed by atoms with van der Waals surface area (Å²) in [5.74, 6) is 0.00729. The average molecular weight is 193 g/mol. The maximum atomic E-state index is 10.9. The Bertz CT molecular complexity index is 324. The number of nitrogens with zero attached hydrogens (tertiary/aromatic N) is 2. The molecule has 0 spiro atoms. The van der Waals surface area contributed by atoms with Crippen molar-refractivity contribution in [2.75, 3.05) is 5.32 Å². The van der Waals surface area contributed by atoms with Crippen LogP contribution in [0.4, 0.5) is 5.82 Å². The molecule has 0 aliphatic heterocycles. The summed E-state index contributed by atoms with van der Waals surface area (Å²) in [6, 6.07) is 1.16. The number of hydrogen-bond donors (Lipinski definition) is 2. The Labute approximate surface area is 81.2 Å². The lowest BCUT2D eigenvalue weighted by molar-refractivity contribution is -0.138. The minimum Gasteiger partial charge on any atom is -0.480 e. The highest BCUT2D eigenvalue weighted by Gasteiger charge is 2.36. The molecule has 1 aromatic heterocycles. The van der Waals surface area contributed by atoms with Gasteiger partial charge in [-0.1, -0.05) is 0 Å². The second-order valence-corrected chi connectivity index (χ2v) is 3.39. The van der Waals surface area contributed by atoms with Gasteiger partial charge in [0.05, 0.1) is 0 Å². The molecule has 0 bridgehead atoms. The van der Waals surface area contributed by atoms with Crippen LogP contribution in [0.2, 0.25) is 0 Å². The first-order valence-electron chi connectivity index (χ1n) is 4.53. The van der Waals surface area contributed by atoms with E-state index in [1.165, 1.54) is 6.33 Å². The molecule has 1 aromatic rings. The molecule has 1 heterocycles. The predicted molar refractivity (Wildman–Crippen MR) is 49.8 cm³/mol. The standard InChI is InChI=1S/C9H11N3O2/c13-9(14)8(6-1-2-6)12-7-3-4-10-5-11-7/h3-6,8H,1-2H2,(H,13,14)(H,10,11,12). The van der Waals surface area contributed by atoms with E-state index in [4.69, 9.17) is 5.11 Å². The molecule has 1 aliphatic carbocycles. The Morgan fingerprint density at radius 2 is 2.43 bits per heavy atom.